The SMILES string of the molecule is CCN(CCC(=O)O)C(=O)NCC(=O)NC(C)(C)C. The van der Waals surface area contributed by atoms with Crippen LogP contribution in [0.1, 0.15) is 34.1 Å². The van der Waals surface area contributed by atoms with Crippen molar-refractivity contribution in [1.29, 1.82) is 0 Å². The van der Waals surface area contributed by atoms with Crippen LogP contribution < -0.4 is 10.6 Å². The minimum absolute atomic E-state index is 0.116. The molecule has 3 N–H and O–H groups in total. The Balaban J connectivity index is 4.13. The molecule has 0 saturated carbocycles. The van der Waals surface area contributed by atoms with Crippen LogP contribution in [0.4, 0.5) is 4.79 Å². The summed E-state index contributed by atoms with van der Waals surface area (Å²) < 4.78 is 0. The molecule has 0 saturated heterocycles. The van der Waals surface area contributed by atoms with Gasteiger partial charge in [0.25, 0.3) is 0 Å². The van der Waals surface area contributed by atoms with Gasteiger partial charge < -0.3 is 20.6 Å². The lowest BCUT2D eigenvalue weighted by Gasteiger charge is -2.23. The lowest BCUT2D eigenvalue weighted by molar-refractivity contribution is -0.137. The van der Waals surface area contributed by atoms with Crippen molar-refractivity contribution in [2.24, 2.45) is 0 Å². The average molecular weight is 273 g/mol. The Morgan fingerprint density at radius 2 is 1.79 bits per heavy atom. The monoisotopic (exact) mass is 273 g/mol. The minimum Gasteiger partial charge on any atom is -0.481 e. The minimum atomic E-state index is -0.961. The normalized spacial score (nSPS) is 10.7. The van der Waals surface area contributed by atoms with E-state index in [-0.39, 0.29) is 31.0 Å². The van der Waals surface area contributed by atoms with Crippen molar-refractivity contribution in [2.75, 3.05) is 19.6 Å². The van der Waals surface area contributed by atoms with Gasteiger partial charge in [-0.1, -0.05) is 0 Å². The summed E-state index contributed by atoms with van der Waals surface area (Å²) in [6, 6.07) is -0.437. The van der Waals surface area contributed by atoms with E-state index in [1.165, 1.54) is 4.90 Å². The van der Waals surface area contributed by atoms with Crippen LogP contribution in [-0.4, -0.2) is 53.1 Å². The number of hydrogen-bond acceptors (Lipinski definition) is 3. The number of carboxylic acids is 1. The second-order valence-corrected chi connectivity index (χ2v) is 5.18. The Bertz CT molecular complexity index is 336. The van der Waals surface area contributed by atoms with Crippen molar-refractivity contribution in [2.45, 2.75) is 39.7 Å². The molecule has 7 heteroatoms. The predicted molar refractivity (Wildman–Crippen MR) is 70.8 cm³/mol. The molecule has 110 valence electrons. The molecule has 19 heavy (non-hydrogen) atoms. The zero-order chi connectivity index (χ0) is 15.1. The van der Waals surface area contributed by atoms with Crippen LogP contribution in [0, 0.1) is 0 Å². The highest BCUT2D eigenvalue weighted by Gasteiger charge is 2.16. The number of rotatable bonds is 6. The number of carbonyl (C=O) groups is 3. The van der Waals surface area contributed by atoms with Crippen molar-refractivity contribution in [3.8, 4) is 0 Å². The fourth-order valence-electron chi connectivity index (χ4n) is 1.36. The fourth-order valence-corrected chi connectivity index (χ4v) is 1.36. The van der Waals surface area contributed by atoms with E-state index in [0.29, 0.717) is 6.54 Å². The summed E-state index contributed by atoms with van der Waals surface area (Å²) in [7, 11) is 0. The number of nitrogens with zero attached hydrogens (tertiary/aromatic N) is 1. The molecule has 0 aliphatic rings. The Morgan fingerprint density at radius 1 is 1.21 bits per heavy atom. The molecular formula is C12H23N3O4. The first kappa shape index (κ1) is 17.2. The molecule has 0 spiro atoms. The van der Waals surface area contributed by atoms with Crippen LogP contribution in [0.5, 0.6) is 0 Å². The van der Waals surface area contributed by atoms with Gasteiger partial charge in [-0.25, -0.2) is 4.79 Å². The zero-order valence-corrected chi connectivity index (χ0v) is 11.9. The summed E-state index contributed by atoms with van der Waals surface area (Å²) >= 11 is 0. The number of amides is 3. The van der Waals surface area contributed by atoms with Gasteiger partial charge in [-0.15, -0.1) is 0 Å². The molecular weight excluding hydrogens is 250 g/mol. The van der Waals surface area contributed by atoms with Gasteiger partial charge in [0.1, 0.15) is 0 Å². The van der Waals surface area contributed by atoms with Gasteiger partial charge in [-0.05, 0) is 27.7 Å². The second kappa shape index (κ2) is 7.60. The summed E-state index contributed by atoms with van der Waals surface area (Å²) in [5, 5.41) is 13.7. The molecule has 0 aromatic rings. The summed E-state index contributed by atoms with van der Waals surface area (Å²) in [4.78, 5) is 35.0. The molecule has 0 bridgehead atoms. The smallest absolute Gasteiger partial charge is 0.317 e. The van der Waals surface area contributed by atoms with E-state index in [0.717, 1.165) is 0 Å². The van der Waals surface area contributed by atoms with Gasteiger partial charge >= 0.3 is 12.0 Å². The van der Waals surface area contributed by atoms with E-state index in [9.17, 15) is 14.4 Å². The Hall–Kier alpha value is -1.79. The highest BCUT2D eigenvalue weighted by atomic mass is 16.4. The molecule has 3 amide bonds. The Labute approximate surface area is 113 Å². The molecule has 0 heterocycles. The quantitative estimate of drug-likeness (QED) is 0.652. The number of carbonyl (C=O) groups excluding carboxylic acids is 2. The van der Waals surface area contributed by atoms with Crippen LogP contribution in [0.3, 0.4) is 0 Å². The average Bonchev–Trinajstić information content (AvgIpc) is 2.24. The van der Waals surface area contributed by atoms with Crippen LogP contribution in [0.25, 0.3) is 0 Å². The van der Waals surface area contributed by atoms with Gasteiger partial charge in [0.05, 0.1) is 13.0 Å². The van der Waals surface area contributed by atoms with Crippen molar-refractivity contribution >= 4 is 17.9 Å². The summed E-state index contributed by atoms with van der Waals surface area (Å²) in [5.41, 5.74) is -0.352. The number of aliphatic carboxylic acids is 1. The van der Waals surface area contributed by atoms with Crippen LogP contribution in [0.2, 0.25) is 0 Å². The molecule has 0 aliphatic heterocycles. The predicted octanol–water partition coefficient (Wildman–Crippen LogP) is 0.407. The zero-order valence-electron chi connectivity index (χ0n) is 11.9. The van der Waals surface area contributed by atoms with Crippen LogP contribution >= 0.6 is 0 Å². The van der Waals surface area contributed by atoms with Crippen molar-refractivity contribution in [3.63, 3.8) is 0 Å². The first-order valence-electron chi connectivity index (χ1n) is 6.21. The highest BCUT2D eigenvalue weighted by molar-refractivity contribution is 5.84. The molecule has 0 aliphatic carbocycles. The third-order valence-corrected chi connectivity index (χ3v) is 2.18. The maximum Gasteiger partial charge on any atom is 0.317 e. The maximum atomic E-state index is 11.7. The van der Waals surface area contributed by atoms with Gasteiger partial charge in [-0.2, -0.15) is 0 Å². The van der Waals surface area contributed by atoms with Crippen molar-refractivity contribution < 1.29 is 19.5 Å². The van der Waals surface area contributed by atoms with Gasteiger partial charge in [-0.3, -0.25) is 9.59 Å². The van der Waals surface area contributed by atoms with Gasteiger partial charge in [0.15, 0.2) is 0 Å². The summed E-state index contributed by atoms with van der Waals surface area (Å²) in [6.07, 6.45) is -0.116. The summed E-state index contributed by atoms with van der Waals surface area (Å²) in [5.74, 6) is -1.24. The largest absolute Gasteiger partial charge is 0.481 e. The van der Waals surface area contributed by atoms with E-state index in [4.69, 9.17) is 5.11 Å². The van der Waals surface area contributed by atoms with Crippen molar-refractivity contribution in [1.82, 2.24) is 15.5 Å². The summed E-state index contributed by atoms with van der Waals surface area (Å²) in [6.45, 7) is 7.67. The third kappa shape index (κ3) is 8.87. The second-order valence-electron chi connectivity index (χ2n) is 5.18. The standard InChI is InChI=1S/C12H23N3O4/c1-5-15(7-6-10(17)18)11(19)13-8-9(16)14-12(2,3)4/h5-8H2,1-4H3,(H,13,19)(H,14,16)(H,17,18). The van der Waals surface area contributed by atoms with E-state index in [1.54, 1.807) is 6.92 Å². The lowest BCUT2D eigenvalue weighted by atomic mass is 10.1. The lowest BCUT2D eigenvalue weighted by Crippen LogP contribution is -2.48. The number of hydrogen-bond donors (Lipinski definition) is 3. The first-order valence-corrected chi connectivity index (χ1v) is 6.21. The van der Waals surface area contributed by atoms with E-state index >= 15 is 0 Å². The van der Waals surface area contributed by atoms with E-state index < -0.39 is 12.0 Å². The molecule has 0 atom stereocenters. The van der Waals surface area contributed by atoms with E-state index in [2.05, 4.69) is 10.6 Å². The number of nitrogens with one attached hydrogen (secondary N) is 2. The van der Waals surface area contributed by atoms with Gasteiger partial charge in [0, 0.05) is 18.6 Å². The molecule has 7 nitrogen and oxygen atoms in total. The Morgan fingerprint density at radius 3 is 2.21 bits per heavy atom. The maximum absolute atomic E-state index is 11.7. The molecule has 0 radical (unpaired) electrons. The number of urea groups is 1. The van der Waals surface area contributed by atoms with Crippen molar-refractivity contribution in [3.05, 3.63) is 0 Å². The molecule has 0 aromatic carbocycles. The molecule has 0 fully saturated rings. The Kier molecular flexibility index (Phi) is 6.89. The molecule has 0 rings (SSSR count). The van der Waals surface area contributed by atoms with E-state index in [1.807, 2.05) is 20.8 Å². The number of carboxylic acid groups (broad SMARTS) is 1. The van der Waals surface area contributed by atoms with Crippen LogP contribution in [0.15, 0.2) is 0 Å². The topological polar surface area (TPSA) is 98.7 Å². The van der Waals surface area contributed by atoms with Gasteiger partial charge in [0.2, 0.25) is 5.91 Å². The molecule has 0 aromatic heterocycles. The fraction of sp³-hybridized carbons (Fsp3) is 0.750. The molecule has 0 unspecified atom stereocenters. The highest BCUT2D eigenvalue weighted by Crippen LogP contribution is 1.97. The first-order chi connectivity index (χ1) is 8.65. The van der Waals surface area contributed by atoms with Crippen LogP contribution in [-0.2, 0) is 9.59 Å². The third-order valence-electron chi connectivity index (χ3n) is 2.18.